The summed E-state index contributed by atoms with van der Waals surface area (Å²) in [6.07, 6.45) is 4.44. The molecule has 0 amide bonds. The Morgan fingerprint density at radius 2 is 1.85 bits per heavy atom. The number of hydrogen-bond acceptors (Lipinski definition) is 1. The molecule has 0 saturated heterocycles. The van der Waals surface area contributed by atoms with E-state index in [9.17, 15) is 4.79 Å². The molecule has 0 N–H and O–H groups in total. The number of rotatable bonds is 0. The molecule has 0 heterocycles. The lowest BCUT2D eigenvalue weighted by Crippen LogP contribution is -2.04. The van der Waals surface area contributed by atoms with Crippen LogP contribution in [0.15, 0.2) is 36.4 Å². The lowest BCUT2D eigenvalue weighted by atomic mass is 9.96. The van der Waals surface area contributed by atoms with Crippen molar-refractivity contribution in [2.24, 2.45) is 0 Å². The molecule has 0 aliphatic heterocycles. The molecule has 68 valence electrons. The van der Waals surface area contributed by atoms with Gasteiger partial charge >= 0.3 is 0 Å². The van der Waals surface area contributed by atoms with Crippen molar-refractivity contribution in [3.63, 3.8) is 0 Å². The molecule has 0 atom stereocenters. The van der Waals surface area contributed by atoms with Crippen LogP contribution in [0, 0.1) is 0 Å². The van der Waals surface area contributed by atoms with Gasteiger partial charge in [0.15, 0.2) is 5.78 Å². The predicted molar refractivity (Wildman–Crippen MR) is 55.0 cm³/mol. The molecule has 0 spiro atoms. The van der Waals surface area contributed by atoms with Crippen LogP contribution in [0.2, 0.25) is 0 Å². The maximum atomic E-state index is 11.2. The van der Waals surface area contributed by atoms with Crippen molar-refractivity contribution in [3.8, 4) is 0 Å². The zero-order valence-corrected chi connectivity index (χ0v) is 8.08. The van der Waals surface area contributed by atoms with E-state index in [2.05, 4.69) is 0 Å². The smallest absolute Gasteiger partial charge is 0.185 e. The Labute approximate surface area is 79.1 Å². The van der Waals surface area contributed by atoms with E-state index in [1.807, 2.05) is 44.2 Å². The first-order valence-electron chi connectivity index (χ1n) is 4.67. The first-order chi connectivity index (χ1) is 6.38. The minimum Gasteiger partial charge on any atom is -0.289 e. The highest BCUT2D eigenvalue weighted by molar-refractivity contribution is 6.06. The fraction of sp³-hybridized carbons (Fsp3) is 0.250. The van der Waals surface area contributed by atoms with Crippen LogP contribution >= 0.6 is 0 Å². The van der Waals surface area contributed by atoms with Crippen LogP contribution in [-0.2, 0) is 6.42 Å². The van der Waals surface area contributed by atoms with E-state index in [-0.39, 0.29) is 5.78 Å². The highest BCUT2D eigenvalue weighted by Gasteiger charge is 2.09. The average molecular weight is 174 g/mol. The monoisotopic (exact) mass is 174 g/mol. The summed E-state index contributed by atoms with van der Waals surface area (Å²) < 4.78 is 0. The van der Waals surface area contributed by atoms with Crippen LogP contribution in [0.25, 0.3) is 0 Å². The maximum Gasteiger partial charge on any atom is 0.185 e. The van der Waals surface area contributed by atoms with E-state index in [4.69, 9.17) is 0 Å². The first kappa shape index (κ1) is 9.72. The Kier molecular flexibility index (Phi) is 3.44. The first-order valence-corrected chi connectivity index (χ1v) is 4.67. The van der Waals surface area contributed by atoms with Crippen molar-refractivity contribution in [3.05, 3.63) is 47.5 Å². The van der Waals surface area contributed by atoms with Gasteiger partial charge < -0.3 is 0 Å². The summed E-state index contributed by atoms with van der Waals surface area (Å²) in [4.78, 5) is 11.2. The number of ketones is 1. The largest absolute Gasteiger partial charge is 0.289 e. The molecule has 0 saturated carbocycles. The van der Waals surface area contributed by atoms with Crippen LogP contribution < -0.4 is 0 Å². The molecule has 0 radical (unpaired) electrons. The third-order valence-electron chi connectivity index (χ3n) is 1.89. The topological polar surface area (TPSA) is 17.1 Å². The molecule has 1 heteroatoms. The predicted octanol–water partition coefficient (Wildman–Crippen LogP) is 3.01. The second-order valence-corrected chi connectivity index (χ2v) is 2.63. The second-order valence-electron chi connectivity index (χ2n) is 2.63. The van der Waals surface area contributed by atoms with Gasteiger partial charge in [-0.15, -0.1) is 0 Å². The summed E-state index contributed by atoms with van der Waals surface area (Å²) in [5, 5.41) is 0. The SMILES string of the molecule is CC.O=C1C=CCc2ccccc21. The van der Waals surface area contributed by atoms with Gasteiger partial charge in [0.25, 0.3) is 0 Å². The maximum absolute atomic E-state index is 11.2. The quantitative estimate of drug-likeness (QED) is 0.591. The third-order valence-corrected chi connectivity index (χ3v) is 1.89. The van der Waals surface area contributed by atoms with Gasteiger partial charge in [-0.25, -0.2) is 0 Å². The number of hydrogen-bond donors (Lipinski definition) is 0. The highest BCUT2D eigenvalue weighted by atomic mass is 16.1. The summed E-state index contributed by atoms with van der Waals surface area (Å²) in [6.45, 7) is 4.00. The molecular formula is C12H14O. The molecule has 1 nitrogen and oxygen atoms in total. The zero-order chi connectivity index (χ0) is 9.68. The van der Waals surface area contributed by atoms with Crippen LogP contribution in [0.5, 0.6) is 0 Å². The normalized spacial score (nSPS) is 12.9. The molecule has 13 heavy (non-hydrogen) atoms. The molecule has 1 aliphatic carbocycles. The summed E-state index contributed by atoms with van der Waals surface area (Å²) in [5.41, 5.74) is 2.00. The minimum atomic E-state index is 0.131. The van der Waals surface area contributed by atoms with Crippen LogP contribution in [0.1, 0.15) is 29.8 Å². The van der Waals surface area contributed by atoms with Gasteiger partial charge in [0.2, 0.25) is 0 Å². The number of benzene rings is 1. The fourth-order valence-corrected chi connectivity index (χ4v) is 1.32. The van der Waals surface area contributed by atoms with Gasteiger partial charge in [-0.2, -0.15) is 0 Å². The van der Waals surface area contributed by atoms with Gasteiger partial charge in [0.1, 0.15) is 0 Å². The lowest BCUT2D eigenvalue weighted by Gasteiger charge is -2.07. The van der Waals surface area contributed by atoms with Gasteiger partial charge in [0, 0.05) is 5.56 Å². The Bertz CT molecular complexity index is 324. The Morgan fingerprint density at radius 1 is 1.15 bits per heavy atom. The molecule has 0 fully saturated rings. The Hall–Kier alpha value is -1.37. The molecule has 2 rings (SSSR count). The number of carbonyl (C=O) groups excluding carboxylic acids is 1. The minimum absolute atomic E-state index is 0.131. The van der Waals surface area contributed by atoms with Crippen molar-refractivity contribution in [1.29, 1.82) is 0 Å². The Morgan fingerprint density at radius 3 is 2.54 bits per heavy atom. The van der Waals surface area contributed by atoms with Crippen molar-refractivity contribution in [1.82, 2.24) is 0 Å². The van der Waals surface area contributed by atoms with Crippen molar-refractivity contribution >= 4 is 5.78 Å². The molecule has 1 aromatic carbocycles. The van der Waals surface area contributed by atoms with E-state index in [1.165, 1.54) is 0 Å². The number of carbonyl (C=O) groups is 1. The van der Waals surface area contributed by atoms with Gasteiger partial charge in [-0.1, -0.05) is 44.2 Å². The number of fused-ring (bicyclic) bond motifs is 1. The van der Waals surface area contributed by atoms with Crippen LogP contribution in [0.3, 0.4) is 0 Å². The lowest BCUT2D eigenvalue weighted by molar-refractivity contribution is 0.104. The van der Waals surface area contributed by atoms with Gasteiger partial charge in [-0.05, 0) is 18.1 Å². The summed E-state index contributed by atoms with van der Waals surface area (Å²) >= 11 is 0. The van der Waals surface area contributed by atoms with Gasteiger partial charge in [-0.3, -0.25) is 4.79 Å². The van der Waals surface area contributed by atoms with Crippen molar-refractivity contribution < 1.29 is 4.79 Å². The van der Waals surface area contributed by atoms with Gasteiger partial charge in [0.05, 0.1) is 0 Å². The van der Waals surface area contributed by atoms with E-state index in [0.717, 1.165) is 17.5 Å². The van der Waals surface area contributed by atoms with Crippen molar-refractivity contribution in [2.45, 2.75) is 20.3 Å². The molecule has 1 aliphatic rings. The standard InChI is InChI=1S/C10H8O.C2H6/c11-10-7-3-5-8-4-1-2-6-9(8)10;1-2/h1-4,6-7H,5H2;1-2H3. The summed E-state index contributed by atoms with van der Waals surface area (Å²) in [7, 11) is 0. The average Bonchev–Trinajstić information content (AvgIpc) is 2.22. The second kappa shape index (κ2) is 4.61. The highest BCUT2D eigenvalue weighted by Crippen LogP contribution is 2.15. The fourth-order valence-electron chi connectivity index (χ4n) is 1.32. The number of allylic oxidation sites excluding steroid dienone is 2. The van der Waals surface area contributed by atoms with E-state index >= 15 is 0 Å². The van der Waals surface area contributed by atoms with Crippen LogP contribution in [0.4, 0.5) is 0 Å². The molecule has 0 unspecified atom stereocenters. The molecule has 0 bridgehead atoms. The van der Waals surface area contributed by atoms with E-state index < -0.39 is 0 Å². The van der Waals surface area contributed by atoms with Crippen molar-refractivity contribution in [2.75, 3.05) is 0 Å². The third kappa shape index (κ3) is 2.05. The molecular weight excluding hydrogens is 160 g/mol. The van der Waals surface area contributed by atoms with E-state index in [1.54, 1.807) is 6.08 Å². The molecule has 1 aromatic rings. The summed E-state index contributed by atoms with van der Waals surface area (Å²) in [5.74, 6) is 0.131. The van der Waals surface area contributed by atoms with E-state index in [0.29, 0.717) is 0 Å². The summed E-state index contributed by atoms with van der Waals surface area (Å²) in [6, 6.07) is 7.74. The Balaban J connectivity index is 0.000000396. The van der Waals surface area contributed by atoms with Crippen LogP contribution in [-0.4, -0.2) is 5.78 Å². The zero-order valence-electron chi connectivity index (χ0n) is 8.08. The molecule has 0 aromatic heterocycles.